The van der Waals surface area contributed by atoms with E-state index in [2.05, 4.69) is 29.6 Å². The summed E-state index contributed by atoms with van der Waals surface area (Å²) in [4.78, 5) is 12.5. The first-order chi connectivity index (χ1) is 12.2. The van der Waals surface area contributed by atoms with Crippen molar-refractivity contribution >= 4 is 5.97 Å². The van der Waals surface area contributed by atoms with Gasteiger partial charge in [-0.1, -0.05) is 67.1 Å². The maximum absolute atomic E-state index is 12.5. The van der Waals surface area contributed by atoms with E-state index in [9.17, 15) is 9.90 Å². The number of fused-ring (bicyclic) bond motifs is 2. The maximum atomic E-state index is 12.5. The van der Waals surface area contributed by atoms with Crippen LogP contribution in [-0.4, -0.2) is 11.1 Å². The Labute approximate surface area is 149 Å². The minimum absolute atomic E-state index is 0.151. The van der Waals surface area contributed by atoms with E-state index in [1.54, 1.807) is 0 Å². The fraction of sp³-hybridized carbons (Fsp3) is 0.409. The lowest BCUT2D eigenvalue weighted by molar-refractivity contribution is -0.155. The first kappa shape index (κ1) is 16.3. The molecule has 2 saturated carbocycles. The van der Waals surface area contributed by atoms with Gasteiger partial charge in [0.15, 0.2) is 0 Å². The van der Waals surface area contributed by atoms with Crippen LogP contribution in [0.25, 0.3) is 0 Å². The fourth-order valence-corrected chi connectivity index (χ4v) is 5.17. The van der Waals surface area contributed by atoms with Crippen molar-refractivity contribution in [2.75, 3.05) is 0 Å². The van der Waals surface area contributed by atoms with E-state index in [1.807, 2.05) is 36.4 Å². The van der Waals surface area contributed by atoms with Gasteiger partial charge in [0.1, 0.15) is 0 Å². The summed E-state index contributed by atoms with van der Waals surface area (Å²) in [6.07, 6.45) is 4.12. The van der Waals surface area contributed by atoms with Crippen molar-refractivity contribution in [1.82, 2.24) is 5.32 Å². The summed E-state index contributed by atoms with van der Waals surface area (Å²) in [5, 5.41) is 13.9. The minimum Gasteiger partial charge on any atom is -0.481 e. The van der Waals surface area contributed by atoms with Crippen LogP contribution in [0, 0.1) is 17.3 Å². The topological polar surface area (TPSA) is 49.3 Å². The highest BCUT2D eigenvalue weighted by Crippen LogP contribution is 2.61. The van der Waals surface area contributed by atoms with E-state index < -0.39 is 11.4 Å². The number of aliphatic carboxylic acids is 1. The van der Waals surface area contributed by atoms with E-state index in [4.69, 9.17) is 0 Å². The van der Waals surface area contributed by atoms with Gasteiger partial charge in [0.25, 0.3) is 0 Å². The molecule has 25 heavy (non-hydrogen) atoms. The Hall–Kier alpha value is -2.13. The summed E-state index contributed by atoms with van der Waals surface area (Å²) in [5.74, 6) is 0.225. The molecule has 4 atom stereocenters. The van der Waals surface area contributed by atoms with Crippen LogP contribution in [0.4, 0.5) is 0 Å². The number of hydrogen-bond acceptors (Lipinski definition) is 2. The van der Waals surface area contributed by atoms with Crippen molar-refractivity contribution in [1.29, 1.82) is 0 Å². The van der Waals surface area contributed by atoms with Crippen molar-refractivity contribution < 1.29 is 9.90 Å². The smallest absolute Gasteiger partial charge is 0.311 e. The number of benzene rings is 2. The predicted octanol–water partition coefficient (Wildman–Crippen LogP) is 4.41. The van der Waals surface area contributed by atoms with Crippen molar-refractivity contribution in [3.05, 3.63) is 71.8 Å². The van der Waals surface area contributed by atoms with Crippen LogP contribution in [0.15, 0.2) is 60.7 Å². The van der Waals surface area contributed by atoms with Gasteiger partial charge in [-0.2, -0.15) is 0 Å². The summed E-state index contributed by atoms with van der Waals surface area (Å²) in [6, 6.07) is 20.2. The molecule has 3 nitrogen and oxygen atoms in total. The molecule has 0 saturated heterocycles. The zero-order chi connectivity index (χ0) is 17.3. The zero-order valence-corrected chi connectivity index (χ0v) is 14.4. The average Bonchev–Trinajstić information content (AvgIpc) is 3.26. The van der Waals surface area contributed by atoms with Crippen LogP contribution in [-0.2, 0) is 11.3 Å². The molecule has 0 radical (unpaired) electrons. The Morgan fingerprint density at radius 2 is 1.76 bits per heavy atom. The standard InChI is InChI=1S/C22H25NO2/c24-21(25)22(14-17-11-12-19(22)13-17)20(18-9-5-2-6-10-18)23-15-16-7-3-1-4-8-16/h1-10,17,19-20,23H,11-15H2,(H,24,25)/t17-,19+,20+,22-/m1/s1. The molecular formula is C22H25NO2. The lowest BCUT2D eigenvalue weighted by atomic mass is 9.66. The molecule has 0 unspecified atom stereocenters. The highest BCUT2D eigenvalue weighted by atomic mass is 16.4. The summed E-state index contributed by atoms with van der Waals surface area (Å²) in [7, 11) is 0. The number of carbonyl (C=O) groups is 1. The van der Waals surface area contributed by atoms with Crippen LogP contribution in [0.5, 0.6) is 0 Å². The second kappa shape index (κ2) is 6.64. The Kier molecular flexibility index (Phi) is 4.34. The van der Waals surface area contributed by atoms with Gasteiger partial charge in [-0.3, -0.25) is 4.79 Å². The van der Waals surface area contributed by atoms with Gasteiger partial charge in [0.2, 0.25) is 0 Å². The van der Waals surface area contributed by atoms with E-state index in [0.29, 0.717) is 12.5 Å². The molecule has 0 amide bonds. The van der Waals surface area contributed by atoms with Crippen LogP contribution in [0.1, 0.15) is 42.9 Å². The lowest BCUT2D eigenvalue weighted by Gasteiger charge is -2.41. The van der Waals surface area contributed by atoms with Crippen LogP contribution < -0.4 is 5.32 Å². The number of carboxylic acid groups (broad SMARTS) is 1. The molecule has 2 aliphatic carbocycles. The second-order valence-electron chi connectivity index (χ2n) is 7.64. The molecule has 0 spiro atoms. The molecule has 2 aliphatic rings. The first-order valence-electron chi connectivity index (χ1n) is 9.26. The molecule has 2 fully saturated rings. The van der Waals surface area contributed by atoms with Gasteiger partial charge in [-0.25, -0.2) is 0 Å². The molecule has 4 rings (SSSR count). The first-order valence-corrected chi connectivity index (χ1v) is 9.26. The van der Waals surface area contributed by atoms with Gasteiger partial charge in [-0.15, -0.1) is 0 Å². The molecule has 0 aliphatic heterocycles. The second-order valence-corrected chi connectivity index (χ2v) is 7.64. The van der Waals surface area contributed by atoms with Crippen molar-refractivity contribution in [2.45, 2.75) is 38.3 Å². The summed E-state index contributed by atoms with van der Waals surface area (Å²) in [6.45, 7) is 0.687. The monoisotopic (exact) mass is 335 g/mol. The fourth-order valence-electron chi connectivity index (χ4n) is 5.17. The quantitative estimate of drug-likeness (QED) is 0.822. The molecule has 3 heteroatoms. The molecule has 2 bridgehead atoms. The molecule has 2 N–H and O–H groups in total. The van der Waals surface area contributed by atoms with Gasteiger partial charge >= 0.3 is 5.97 Å². The third kappa shape index (κ3) is 2.87. The number of hydrogen-bond donors (Lipinski definition) is 2. The maximum Gasteiger partial charge on any atom is 0.311 e. The minimum atomic E-state index is -0.681. The highest BCUT2D eigenvalue weighted by Gasteiger charge is 2.60. The SMILES string of the molecule is O=C(O)[C@]1([C@@H](NCc2ccccc2)c2ccccc2)C[C@@H]2CC[C@H]1C2. The molecule has 0 heterocycles. The number of rotatable bonds is 6. The van der Waals surface area contributed by atoms with Gasteiger partial charge in [0, 0.05) is 12.6 Å². The third-order valence-electron chi connectivity index (χ3n) is 6.30. The largest absolute Gasteiger partial charge is 0.481 e. The normalized spacial score (nSPS) is 28.8. The van der Waals surface area contributed by atoms with E-state index >= 15 is 0 Å². The number of carboxylic acids is 1. The Morgan fingerprint density at radius 3 is 2.32 bits per heavy atom. The third-order valence-corrected chi connectivity index (χ3v) is 6.30. The lowest BCUT2D eigenvalue weighted by Crippen LogP contribution is -2.47. The average molecular weight is 335 g/mol. The van der Waals surface area contributed by atoms with Crippen molar-refractivity contribution in [2.24, 2.45) is 17.3 Å². The van der Waals surface area contributed by atoms with E-state index in [1.165, 1.54) is 12.0 Å². The summed E-state index contributed by atoms with van der Waals surface area (Å²) < 4.78 is 0. The highest BCUT2D eigenvalue weighted by molar-refractivity contribution is 5.77. The Morgan fingerprint density at radius 1 is 1.08 bits per heavy atom. The Bertz CT molecular complexity index is 730. The van der Waals surface area contributed by atoms with E-state index in [-0.39, 0.29) is 12.0 Å². The molecule has 2 aromatic rings. The Balaban J connectivity index is 1.68. The summed E-state index contributed by atoms with van der Waals surface area (Å²) in [5.41, 5.74) is 1.60. The van der Waals surface area contributed by atoms with Crippen LogP contribution >= 0.6 is 0 Å². The van der Waals surface area contributed by atoms with Crippen molar-refractivity contribution in [3.63, 3.8) is 0 Å². The molecular weight excluding hydrogens is 310 g/mol. The summed E-state index contributed by atoms with van der Waals surface area (Å²) >= 11 is 0. The van der Waals surface area contributed by atoms with E-state index in [0.717, 1.165) is 24.8 Å². The number of nitrogens with one attached hydrogen (secondary N) is 1. The predicted molar refractivity (Wildman–Crippen MR) is 98.0 cm³/mol. The molecule has 130 valence electrons. The van der Waals surface area contributed by atoms with Crippen LogP contribution in [0.3, 0.4) is 0 Å². The van der Waals surface area contributed by atoms with Gasteiger partial charge in [-0.05, 0) is 42.2 Å². The zero-order valence-electron chi connectivity index (χ0n) is 14.4. The van der Waals surface area contributed by atoms with Crippen LogP contribution in [0.2, 0.25) is 0 Å². The van der Waals surface area contributed by atoms with Gasteiger partial charge < -0.3 is 10.4 Å². The molecule has 0 aromatic heterocycles. The van der Waals surface area contributed by atoms with Gasteiger partial charge in [0.05, 0.1) is 5.41 Å². The van der Waals surface area contributed by atoms with Crippen molar-refractivity contribution in [3.8, 4) is 0 Å². The molecule has 2 aromatic carbocycles.